The molecule has 1 atom stereocenters. The second-order valence-corrected chi connectivity index (χ2v) is 13.2. The molecule has 0 bridgehead atoms. The van der Waals surface area contributed by atoms with Crippen LogP contribution >= 0.6 is 23.2 Å². The van der Waals surface area contributed by atoms with Gasteiger partial charge in [-0.25, -0.2) is 8.42 Å². The van der Waals surface area contributed by atoms with Crippen LogP contribution in [0.3, 0.4) is 0 Å². The normalized spacial score (nSPS) is 12.5. The Balaban J connectivity index is 2.12. The number of halogens is 2. The van der Waals surface area contributed by atoms with Crippen LogP contribution in [0.1, 0.15) is 45.2 Å². The summed E-state index contributed by atoms with van der Waals surface area (Å²) in [5.41, 5.74) is 1.32. The van der Waals surface area contributed by atoms with Crippen molar-refractivity contribution in [3.8, 4) is 0 Å². The van der Waals surface area contributed by atoms with E-state index >= 15 is 0 Å². The molecule has 3 aromatic rings. The third-order valence-corrected chi connectivity index (χ3v) is 8.60. The lowest BCUT2D eigenvalue weighted by molar-refractivity contribution is -0.141. The fourth-order valence-corrected chi connectivity index (χ4v) is 6.14. The summed E-state index contributed by atoms with van der Waals surface area (Å²) in [5, 5.41) is 3.33. The summed E-state index contributed by atoms with van der Waals surface area (Å²) >= 11 is 12.7. The Morgan fingerprint density at radius 2 is 1.57 bits per heavy atom. The highest BCUT2D eigenvalue weighted by molar-refractivity contribution is 7.92. The van der Waals surface area contributed by atoms with E-state index in [1.165, 1.54) is 35.2 Å². The number of nitrogens with zero attached hydrogens (tertiary/aromatic N) is 2. The minimum atomic E-state index is -4.24. The van der Waals surface area contributed by atoms with Gasteiger partial charge in [0.15, 0.2) is 0 Å². The number of sulfonamides is 1. The van der Waals surface area contributed by atoms with Gasteiger partial charge in [0.1, 0.15) is 12.6 Å². The molecule has 0 aromatic heterocycles. The summed E-state index contributed by atoms with van der Waals surface area (Å²) in [6.07, 6.45) is 0.322. The van der Waals surface area contributed by atoms with E-state index < -0.39 is 34.1 Å². The lowest BCUT2D eigenvalue weighted by Crippen LogP contribution is -2.55. The van der Waals surface area contributed by atoms with Gasteiger partial charge in [-0.3, -0.25) is 13.9 Å². The highest BCUT2D eigenvalue weighted by Gasteiger charge is 2.35. The van der Waals surface area contributed by atoms with Gasteiger partial charge in [0, 0.05) is 17.1 Å². The van der Waals surface area contributed by atoms with Gasteiger partial charge in [0.05, 0.1) is 15.6 Å². The highest BCUT2D eigenvalue weighted by atomic mass is 35.5. The Morgan fingerprint density at radius 1 is 0.950 bits per heavy atom. The molecule has 0 heterocycles. The van der Waals surface area contributed by atoms with Crippen molar-refractivity contribution >= 4 is 50.7 Å². The highest BCUT2D eigenvalue weighted by Crippen LogP contribution is 2.33. The van der Waals surface area contributed by atoms with Crippen molar-refractivity contribution in [2.45, 2.75) is 64.1 Å². The standard InChI is InChI=1S/C30H35Cl2N3O4S/c1-6-26(29(37)33-30(3,4)5)34(19-22-13-11-10-12-21(22)2)28(36)20-35(27-18-23(31)16-17-25(27)32)40(38,39)24-14-8-7-9-15-24/h7-18,26H,6,19-20H2,1-5H3,(H,33,37). The van der Waals surface area contributed by atoms with Crippen molar-refractivity contribution in [2.24, 2.45) is 0 Å². The molecule has 0 saturated carbocycles. The maximum absolute atomic E-state index is 14.2. The van der Waals surface area contributed by atoms with Crippen LogP contribution in [-0.2, 0) is 26.2 Å². The van der Waals surface area contributed by atoms with E-state index in [1.54, 1.807) is 18.2 Å². The molecule has 7 nitrogen and oxygen atoms in total. The first-order valence-electron chi connectivity index (χ1n) is 12.9. The monoisotopic (exact) mass is 603 g/mol. The van der Waals surface area contributed by atoms with Crippen molar-refractivity contribution in [1.82, 2.24) is 10.2 Å². The van der Waals surface area contributed by atoms with E-state index in [0.29, 0.717) is 6.42 Å². The number of nitrogens with one attached hydrogen (secondary N) is 1. The zero-order valence-corrected chi connectivity index (χ0v) is 25.6. The molecule has 0 fully saturated rings. The van der Waals surface area contributed by atoms with E-state index in [4.69, 9.17) is 23.2 Å². The molecule has 3 aromatic carbocycles. The predicted molar refractivity (Wildman–Crippen MR) is 161 cm³/mol. The van der Waals surface area contributed by atoms with Gasteiger partial charge in [0.2, 0.25) is 11.8 Å². The molecule has 214 valence electrons. The molecular formula is C30H35Cl2N3O4S. The molecule has 0 aliphatic rings. The van der Waals surface area contributed by atoms with Gasteiger partial charge in [-0.15, -0.1) is 0 Å². The van der Waals surface area contributed by atoms with E-state index in [2.05, 4.69) is 5.32 Å². The van der Waals surface area contributed by atoms with Gasteiger partial charge in [-0.1, -0.05) is 72.6 Å². The van der Waals surface area contributed by atoms with E-state index in [1.807, 2.05) is 58.9 Å². The van der Waals surface area contributed by atoms with Gasteiger partial charge in [-0.2, -0.15) is 0 Å². The van der Waals surface area contributed by atoms with Crippen molar-refractivity contribution in [3.05, 3.63) is 94.0 Å². The fourth-order valence-electron chi connectivity index (χ4n) is 4.25. The van der Waals surface area contributed by atoms with Gasteiger partial charge >= 0.3 is 0 Å². The number of hydrogen-bond acceptors (Lipinski definition) is 4. The molecule has 1 N–H and O–H groups in total. The maximum Gasteiger partial charge on any atom is 0.264 e. The Hall–Kier alpha value is -3.07. The SMILES string of the molecule is CCC(C(=O)NC(C)(C)C)N(Cc1ccccc1C)C(=O)CN(c1cc(Cl)ccc1Cl)S(=O)(=O)c1ccccc1. The number of rotatable bonds is 10. The lowest BCUT2D eigenvalue weighted by Gasteiger charge is -2.35. The summed E-state index contributed by atoms with van der Waals surface area (Å²) in [4.78, 5) is 29.0. The number of amides is 2. The maximum atomic E-state index is 14.2. The summed E-state index contributed by atoms with van der Waals surface area (Å²) < 4.78 is 28.8. The molecule has 0 radical (unpaired) electrons. The largest absolute Gasteiger partial charge is 0.350 e. The molecule has 0 saturated heterocycles. The first kappa shape index (κ1) is 31.5. The summed E-state index contributed by atoms with van der Waals surface area (Å²) in [6, 6.07) is 18.9. The van der Waals surface area contributed by atoms with E-state index in [0.717, 1.165) is 15.4 Å². The zero-order valence-electron chi connectivity index (χ0n) is 23.3. The van der Waals surface area contributed by atoms with Crippen LogP contribution in [0, 0.1) is 6.92 Å². The Bertz CT molecular complexity index is 1460. The number of anilines is 1. The first-order valence-corrected chi connectivity index (χ1v) is 15.1. The second kappa shape index (κ2) is 13.1. The molecule has 0 aliphatic heterocycles. The van der Waals surface area contributed by atoms with Crippen LogP contribution in [0.15, 0.2) is 77.7 Å². The molecular weight excluding hydrogens is 569 g/mol. The Kier molecular flexibility index (Phi) is 10.3. The number of carbonyl (C=O) groups excluding carboxylic acids is 2. The quantitative estimate of drug-likeness (QED) is 0.298. The van der Waals surface area contributed by atoms with Crippen molar-refractivity contribution in [1.29, 1.82) is 0 Å². The summed E-state index contributed by atoms with van der Waals surface area (Å²) in [6.45, 7) is 8.84. The number of carbonyl (C=O) groups is 2. The number of aryl methyl sites for hydroxylation is 1. The summed E-state index contributed by atoms with van der Waals surface area (Å²) in [5.74, 6) is -0.884. The smallest absolute Gasteiger partial charge is 0.264 e. The van der Waals surface area contributed by atoms with Gasteiger partial charge in [0.25, 0.3) is 10.0 Å². The van der Waals surface area contributed by atoms with Gasteiger partial charge < -0.3 is 10.2 Å². The van der Waals surface area contributed by atoms with Crippen LogP contribution in [0.4, 0.5) is 5.69 Å². The van der Waals surface area contributed by atoms with Crippen LogP contribution < -0.4 is 9.62 Å². The second-order valence-electron chi connectivity index (χ2n) is 10.5. The number of hydrogen-bond donors (Lipinski definition) is 1. The van der Waals surface area contributed by atoms with Crippen molar-refractivity contribution in [2.75, 3.05) is 10.8 Å². The third kappa shape index (κ3) is 7.77. The lowest BCUT2D eigenvalue weighted by atomic mass is 10.0. The number of benzene rings is 3. The molecule has 40 heavy (non-hydrogen) atoms. The molecule has 10 heteroatoms. The average Bonchev–Trinajstić information content (AvgIpc) is 2.89. The molecule has 3 rings (SSSR count). The van der Waals surface area contributed by atoms with Crippen LogP contribution in [0.25, 0.3) is 0 Å². The van der Waals surface area contributed by atoms with Crippen LogP contribution in [0.5, 0.6) is 0 Å². The first-order chi connectivity index (χ1) is 18.7. The third-order valence-electron chi connectivity index (χ3n) is 6.27. The van der Waals surface area contributed by atoms with E-state index in [9.17, 15) is 18.0 Å². The van der Waals surface area contributed by atoms with Gasteiger partial charge in [-0.05, 0) is 75.6 Å². The summed E-state index contributed by atoms with van der Waals surface area (Å²) in [7, 11) is -4.24. The minimum absolute atomic E-state index is 0.0122. The Morgan fingerprint density at radius 3 is 2.17 bits per heavy atom. The van der Waals surface area contributed by atoms with Crippen molar-refractivity contribution < 1.29 is 18.0 Å². The Labute approximate surface area is 247 Å². The van der Waals surface area contributed by atoms with E-state index in [-0.39, 0.29) is 33.1 Å². The molecule has 0 aliphatic carbocycles. The molecule has 2 amide bonds. The molecule has 1 unspecified atom stereocenters. The van der Waals surface area contributed by atoms with Crippen molar-refractivity contribution in [3.63, 3.8) is 0 Å². The predicted octanol–water partition coefficient (Wildman–Crippen LogP) is 6.22. The minimum Gasteiger partial charge on any atom is -0.350 e. The zero-order chi connectivity index (χ0) is 29.7. The topological polar surface area (TPSA) is 86.8 Å². The fraction of sp³-hybridized carbons (Fsp3) is 0.333. The average molecular weight is 605 g/mol. The van der Waals surface area contributed by atoms with Crippen LogP contribution in [-0.4, -0.2) is 43.3 Å². The molecule has 0 spiro atoms. The van der Waals surface area contributed by atoms with Crippen LogP contribution in [0.2, 0.25) is 10.0 Å².